The van der Waals surface area contributed by atoms with Crippen LogP contribution in [-0.4, -0.2) is 11.1 Å². The first kappa shape index (κ1) is 21.6. The van der Waals surface area contributed by atoms with Crippen molar-refractivity contribution in [2.45, 2.75) is 13.5 Å². The zero-order valence-corrected chi connectivity index (χ0v) is 19.5. The van der Waals surface area contributed by atoms with Crippen LogP contribution in [0.25, 0.3) is 6.08 Å². The molecule has 0 radical (unpaired) electrons. The maximum absolute atomic E-state index is 13.0. The lowest BCUT2D eigenvalue weighted by Gasteiger charge is -2.09. The van der Waals surface area contributed by atoms with E-state index in [1.54, 1.807) is 12.1 Å². The number of nitrogens with one attached hydrogen (secondary N) is 1. The highest BCUT2D eigenvalue weighted by Gasteiger charge is 2.23. The lowest BCUT2D eigenvalue weighted by atomic mass is 10.1. The molecule has 0 bridgehead atoms. The van der Waals surface area contributed by atoms with Crippen molar-refractivity contribution >= 4 is 57.2 Å². The molecular weight excluding hydrogens is 526 g/mol. The molecule has 4 nitrogen and oxygen atoms in total. The van der Waals surface area contributed by atoms with Gasteiger partial charge in [0.05, 0.1) is 14.2 Å². The number of hydrogen-bond donors (Lipinski definition) is 1. The minimum Gasteiger partial charge on any atom is -0.488 e. The van der Waals surface area contributed by atoms with Crippen LogP contribution in [0.4, 0.5) is 10.1 Å². The zero-order chi connectivity index (χ0) is 21.8. The van der Waals surface area contributed by atoms with Crippen molar-refractivity contribution in [1.29, 1.82) is 0 Å². The maximum atomic E-state index is 13.0. The lowest BCUT2D eigenvalue weighted by Crippen LogP contribution is -2.19. The highest BCUT2D eigenvalue weighted by molar-refractivity contribution is 14.1. The number of carbonyl (C=O) groups excluding carboxylic acids is 1. The van der Waals surface area contributed by atoms with Crippen LogP contribution >= 0.6 is 34.4 Å². The Morgan fingerprint density at radius 2 is 1.84 bits per heavy atom. The van der Waals surface area contributed by atoms with E-state index < -0.39 is 0 Å². The molecule has 0 unspecified atom stereocenters. The molecule has 0 aromatic heterocycles. The van der Waals surface area contributed by atoms with Gasteiger partial charge in [-0.2, -0.15) is 0 Å². The molecule has 1 fully saturated rings. The maximum Gasteiger partial charge on any atom is 0.264 e. The predicted molar refractivity (Wildman–Crippen MR) is 132 cm³/mol. The molecule has 3 aromatic carbocycles. The van der Waals surface area contributed by atoms with E-state index in [9.17, 15) is 9.18 Å². The molecule has 1 aliphatic rings. The lowest BCUT2D eigenvalue weighted by molar-refractivity contribution is -0.115. The predicted octanol–water partition coefficient (Wildman–Crippen LogP) is 6.21. The van der Waals surface area contributed by atoms with Crippen LogP contribution < -0.4 is 10.1 Å². The van der Waals surface area contributed by atoms with Gasteiger partial charge in [-0.25, -0.2) is 9.38 Å². The van der Waals surface area contributed by atoms with E-state index in [-0.39, 0.29) is 11.7 Å². The summed E-state index contributed by atoms with van der Waals surface area (Å²) in [4.78, 5) is 17.2. The molecule has 1 amide bonds. The van der Waals surface area contributed by atoms with Crippen LogP contribution in [0.1, 0.15) is 16.7 Å². The van der Waals surface area contributed by atoms with Crippen LogP contribution in [0.2, 0.25) is 0 Å². The summed E-state index contributed by atoms with van der Waals surface area (Å²) in [5, 5.41) is 3.21. The average molecular weight is 544 g/mol. The highest BCUT2D eigenvalue weighted by Crippen LogP contribution is 2.30. The van der Waals surface area contributed by atoms with Gasteiger partial charge in [-0.1, -0.05) is 35.9 Å². The van der Waals surface area contributed by atoms with E-state index in [1.165, 1.54) is 29.5 Å². The van der Waals surface area contributed by atoms with E-state index in [0.717, 1.165) is 20.4 Å². The monoisotopic (exact) mass is 544 g/mol. The number of amides is 1. The second kappa shape index (κ2) is 9.65. The molecular formula is C24H18FIN2O2S. The summed E-state index contributed by atoms with van der Waals surface area (Å²) in [5.41, 5.74) is 3.80. The van der Waals surface area contributed by atoms with Crippen LogP contribution in [0, 0.1) is 16.3 Å². The van der Waals surface area contributed by atoms with Gasteiger partial charge in [-0.15, -0.1) is 0 Å². The van der Waals surface area contributed by atoms with Crippen molar-refractivity contribution in [3.63, 3.8) is 0 Å². The third kappa shape index (κ3) is 5.74. The first-order valence-electron chi connectivity index (χ1n) is 9.49. The molecule has 0 spiro atoms. The van der Waals surface area contributed by atoms with E-state index in [1.807, 2.05) is 24.3 Å². The molecule has 0 saturated carbocycles. The topological polar surface area (TPSA) is 50.7 Å². The minimum atomic E-state index is -0.325. The quantitative estimate of drug-likeness (QED) is 0.307. The Bertz CT molecular complexity index is 1180. The molecule has 7 heteroatoms. The summed E-state index contributed by atoms with van der Waals surface area (Å²) < 4.78 is 19.9. The Balaban J connectivity index is 1.44. The Hall–Kier alpha value is -2.65. The number of hydrogen-bond acceptors (Lipinski definition) is 4. The van der Waals surface area contributed by atoms with Gasteiger partial charge in [0.15, 0.2) is 5.17 Å². The average Bonchev–Trinajstić information content (AvgIpc) is 3.09. The largest absolute Gasteiger partial charge is 0.488 e. The van der Waals surface area contributed by atoms with Crippen molar-refractivity contribution in [2.24, 2.45) is 4.99 Å². The van der Waals surface area contributed by atoms with Crippen molar-refractivity contribution in [1.82, 2.24) is 5.32 Å². The first-order chi connectivity index (χ1) is 15.0. The Labute approximate surface area is 197 Å². The summed E-state index contributed by atoms with van der Waals surface area (Å²) in [5.74, 6) is 0.263. The number of ether oxygens (including phenoxy) is 1. The van der Waals surface area contributed by atoms with Crippen LogP contribution in [0.3, 0.4) is 0 Å². The molecule has 31 heavy (non-hydrogen) atoms. The van der Waals surface area contributed by atoms with Crippen LogP contribution in [0.5, 0.6) is 5.75 Å². The summed E-state index contributed by atoms with van der Waals surface area (Å²) in [7, 11) is 0. The molecule has 1 saturated heterocycles. The summed E-state index contributed by atoms with van der Waals surface area (Å²) >= 11 is 3.49. The minimum absolute atomic E-state index is 0.208. The van der Waals surface area contributed by atoms with Gasteiger partial charge in [0.25, 0.3) is 5.91 Å². The molecule has 0 atom stereocenters. The molecule has 1 aliphatic heterocycles. The number of thioether (sulfide) groups is 1. The number of benzene rings is 3. The second-order valence-corrected chi connectivity index (χ2v) is 9.12. The normalized spacial score (nSPS) is 16.0. The third-order valence-electron chi connectivity index (χ3n) is 4.48. The molecule has 156 valence electrons. The number of carbonyl (C=O) groups is 1. The van der Waals surface area contributed by atoms with E-state index in [4.69, 9.17) is 4.74 Å². The molecule has 0 aliphatic carbocycles. The van der Waals surface area contributed by atoms with E-state index in [0.29, 0.717) is 22.4 Å². The van der Waals surface area contributed by atoms with E-state index >= 15 is 0 Å². The Morgan fingerprint density at radius 3 is 2.55 bits per heavy atom. The van der Waals surface area contributed by atoms with Crippen LogP contribution in [-0.2, 0) is 11.4 Å². The van der Waals surface area contributed by atoms with Crippen molar-refractivity contribution < 1.29 is 13.9 Å². The number of amidine groups is 1. The summed E-state index contributed by atoms with van der Waals surface area (Å²) in [6, 6.07) is 19.8. The van der Waals surface area contributed by atoms with Gasteiger partial charge in [0.1, 0.15) is 18.2 Å². The molecule has 1 heterocycles. The Kier molecular flexibility index (Phi) is 6.72. The number of aliphatic imine (C=N–C) groups is 1. The third-order valence-corrected chi connectivity index (χ3v) is 6.23. The standard InChI is InChI=1S/C24H18FIN2O2S/c1-15-2-4-16(5-3-15)14-30-21-11-6-17(12-20(21)26)13-22-23(29)28-24(31-22)27-19-9-7-18(25)8-10-19/h2-13H,14H2,1H3,(H,27,28,29)/b22-13+. The highest BCUT2D eigenvalue weighted by atomic mass is 127. The van der Waals surface area contributed by atoms with Gasteiger partial charge < -0.3 is 10.1 Å². The fourth-order valence-electron chi connectivity index (χ4n) is 2.83. The fourth-order valence-corrected chi connectivity index (χ4v) is 4.37. The van der Waals surface area contributed by atoms with Gasteiger partial charge in [0, 0.05) is 0 Å². The number of halogens is 2. The fraction of sp³-hybridized carbons (Fsp3) is 0.0833. The van der Waals surface area contributed by atoms with Crippen molar-refractivity contribution in [2.75, 3.05) is 0 Å². The number of nitrogens with zero attached hydrogens (tertiary/aromatic N) is 1. The SMILES string of the molecule is Cc1ccc(COc2ccc(/C=C3/SC(=Nc4ccc(F)cc4)NC3=O)cc2I)cc1. The number of rotatable bonds is 5. The second-order valence-electron chi connectivity index (χ2n) is 6.92. The van der Waals surface area contributed by atoms with Crippen LogP contribution in [0.15, 0.2) is 76.6 Å². The van der Waals surface area contributed by atoms with Gasteiger partial charge >= 0.3 is 0 Å². The molecule has 4 rings (SSSR count). The zero-order valence-electron chi connectivity index (χ0n) is 16.6. The molecule has 1 N–H and O–H groups in total. The smallest absolute Gasteiger partial charge is 0.264 e. The van der Waals surface area contributed by atoms with E-state index in [2.05, 4.69) is 64.1 Å². The van der Waals surface area contributed by atoms with Gasteiger partial charge in [-0.05, 0) is 94.9 Å². The first-order valence-corrected chi connectivity index (χ1v) is 11.4. The summed E-state index contributed by atoms with van der Waals surface area (Å²) in [6.07, 6.45) is 1.82. The van der Waals surface area contributed by atoms with Crippen molar-refractivity contribution in [3.8, 4) is 5.75 Å². The Morgan fingerprint density at radius 1 is 1.10 bits per heavy atom. The van der Waals surface area contributed by atoms with Crippen molar-refractivity contribution in [3.05, 3.63) is 97.7 Å². The molecule has 3 aromatic rings. The number of aryl methyl sites for hydroxylation is 1. The van der Waals surface area contributed by atoms with Gasteiger partial charge in [0.2, 0.25) is 0 Å². The van der Waals surface area contributed by atoms with Gasteiger partial charge in [-0.3, -0.25) is 4.79 Å². The summed E-state index contributed by atoms with van der Waals surface area (Å²) in [6.45, 7) is 2.56.